The standard InChI is InChI=1S/C18H23NO4/c20-15-12-19(16(21)14-7-4-8-14)10-9-18(15,17(22)23)11-13-5-2-1-3-6-13/h1-3,5-6,14-15,20H,4,7-12H2,(H,22,23)/t15-,18+/m0/s1. The molecule has 2 atom stereocenters. The van der Waals surface area contributed by atoms with Gasteiger partial charge in [-0.15, -0.1) is 0 Å². The van der Waals surface area contributed by atoms with E-state index in [1.165, 1.54) is 0 Å². The molecule has 0 unspecified atom stereocenters. The number of benzene rings is 1. The van der Waals surface area contributed by atoms with Crippen LogP contribution in [0.1, 0.15) is 31.2 Å². The number of piperidine rings is 1. The van der Waals surface area contributed by atoms with Gasteiger partial charge in [0.05, 0.1) is 6.10 Å². The molecule has 0 spiro atoms. The van der Waals surface area contributed by atoms with Gasteiger partial charge in [-0.25, -0.2) is 0 Å². The lowest BCUT2D eigenvalue weighted by molar-refractivity contribution is -0.167. The molecule has 2 N–H and O–H groups in total. The van der Waals surface area contributed by atoms with Crippen molar-refractivity contribution in [3.05, 3.63) is 35.9 Å². The van der Waals surface area contributed by atoms with E-state index >= 15 is 0 Å². The first-order valence-electron chi connectivity index (χ1n) is 8.27. The zero-order valence-electron chi connectivity index (χ0n) is 13.1. The minimum Gasteiger partial charge on any atom is -0.481 e. The molecular weight excluding hydrogens is 294 g/mol. The predicted molar refractivity (Wildman–Crippen MR) is 84.8 cm³/mol. The van der Waals surface area contributed by atoms with Gasteiger partial charge in [0.1, 0.15) is 5.41 Å². The molecule has 1 saturated carbocycles. The fourth-order valence-corrected chi connectivity index (χ4v) is 3.58. The van der Waals surface area contributed by atoms with E-state index in [1.807, 2.05) is 30.3 Å². The van der Waals surface area contributed by atoms with Gasteiger partial charge in [0, 0.05) is 19.0 Å². The minimum absolute atomic E-state index is 0.0775. The molecule has 23 heavy (non-hydrogen) atoms. The maximum Gasteiger partial charge on any atom is 0.312 e. The molecular formula is C18H23NO4. The van der Waals surface area contributed by atoms with Gasteiger partial charge >= 0.3 is 5.97 Å². The Morgan fingerprint density at radius 2 is 1.91 bits per heavy atom. The summed E-state index contributed by atoms with van der Waals surface area (Å²) in [6.07, 6.45) is 2.45. The number of rotatable bonds is 4. The molecule has 2 aliphatic rings. The van der Waals surface area contributed by atoms with Crippen molar-refractivity contribution in [1.82, 2.24) is 4.90 Å². The molecule has 1 aromatic rings. The third-order valence-electron chi connectivity index (χ3n) is 5.41. The van der Waals surface area contributed by atoms with Crippen molar-refractivity contribution in [3.63, 3.8) is 0 Å². The highest BCUT2D eigenvalue weighted by atomic mass is 16.4. The zero-order valence-corrected chi connectivity index (χ0v) is 13.1. The third-order valence-corrected chi connectivity index (χ3v) is 5.41. The first-order chi connectivity index (χ1) is 11.0. The molecule has 0 bridgehead atoms. The van der Waals surface area contributed by atoms with E-state index in [0.29, 0.717) is 6.54 Å². The summed E-state index contributed by atoms with van der Waals surface area (Å²) in [5.74, 6) is -0.827. The average molecular weight is 317 g/mol. The van der Waals surface area contributed by atoms with Crippen LogP contribution in [0.15, 0.2) is 30.3 Å². The molecule has 124 valence electrons. The number of aliphatic carboxylic acids is 1. The van der Waals surface area contributed by atoms with Crippen molar-refractivity contribution in [2.75, 3.05) is 13.1 Å². The number of nitrogens with zero attached hydrogens (tertiary/aromatic N) is 1. The molecule has 0 radical (unpaired) electrons. The van der Waals surface area contributed by atoms with Crippen LogP contribution < -0.4 is 0 Å². The lowest BCUT2D eigenvalue weighted by atomic mass is 9.71. The fraction of sp³-hybridized carbons (Fsp3) is 0.556. The monoisotopic (exact) mass is 317 g/mol. The molecule has 5 heteroatoms. The van der Waals surface area contributed by atoms with Crippen molar-refractivity contribution >= 4 is 11.9 Å². The summed E-state index contributed by atoms with van der Waals surface area (Å²) in [6, 6.07) is 9.37. The average Bonchev–Trinajstić information content (AvgIpc) is 2.48. The van der Waals surface area contributed by atoms with Crippen LogP contribution in [0.4, 0.5) is 0 Å². The lowest BCUT2D eigenvalue weighted by Crippen LogP contribution is -2.58. The van der Waals surface area contributed by atoms with Gasteiger partial charge in [0.15, 0.2) is 0 Å². The number of aliphatic hydroxyl groups is 1. The van der Waals surface area contributed by atoms with Crippen molar-refractivity contribution in [2.45, 2.75) is 38.2 Å². The van der Waals surface area contributed by atoms with Gasteiger partial charge in [-0.3, -0.25) is 9.59 Å². The molecule has 2 fully saturated rings. The second-order valence-corrected chi connectivity index (χ2v) is 6.80. The van der Waals surface area contributed by atoms with Crippen molar-refractivity contribution in [3.8, 4) is 0 Å². The van der Waals surface area contributed by atoms with Crippen molar-refractivity contribution in [1.29, 1.82) is 0 Å². The largest absolute Gasteiger partial charge is 0.481 e. The number of hydrogen-bond acceptors (Lipinski definition) is 3. The van der Waals surface area contributed by atoms with Gasteiger partial charge in [-0.05, 0) is 31.2 Å². The minimum atomic E-state index is -1.21. The Labute approximate surface area is 135 Å². The predicted octanol–water partition coefficient (Wildman–Crippen LogP) is 1.69. The van der Waals surface area contributed by atoms with Gasteiger partial charge in [-0.1, -0.05) is 36.8 Å². The van der Waals surface area contributed by atoms with Crippen molar-refractivity contribution < 1.29 is 19.8 Å². The van der Waals surface area contributed by atoms with Gasteiger partial charge < -0.3 is 15.1 Å². The second-order valence-electron chi connectivity index (χ2n) is 6.80. The Morgan fingerprint density at radius 1 is 1.22 bits per heavy atom. The summed E-state index contributed by atoms with van der Waals surface area (Å²) in [7, 11) is 0. The van der Waals surface area contributed by atoms with Gasteiger partial charge in [-0.2, -0.15) is 0 Å². The number of carboxylic acids is 1. The van der Waals surface area contributed by atoms with E-state index in [4.69, 9.17) is 0 Å². The Hall–Kier alpha value is -1.88. The van der Waals surface area contributed by atoms with E-state index in [2.05, 4.69) is 0 Å². The Morgan fingerprint density at radius 3 is 2.43 bits per heavy atom. The Kier molecular flexibility index (Phi) is 4.39. The summed E-state index contributed by atoms with van der Waals surface area (Å²) in [5.41, 5.74) is -0.315. The first-order valence-corrected chi connectivity index (χ1v) is 8.27. The number of carbonyl (C=O) groups is 2. The Balaban J connectivity index is 1.74. The van der Waals surface area contributed by atoms with E-state index in [0.717, 1.165) is 24.8 Å². The van der Waals surface area contributed by atoms with Crippen LogP contribution in [-0.4, -0.2) is 46.2 Å². The normalized spacial score (nSPS) is 28.2. The van der Waals surface area contributed by atoms with E-state index in [9.17, 15) is 19.8 Å². The van der Waals surface area contributed by atoms with E-state index in [1.54, 1.807) is 4.90 Å². The molecule has 0 aromatic heterocycles. The Bertz CT molecular complexity index is 584. The molecule has 1 amide bonds. The SMILES string of the molecule is O=C(C1CCC1)N1CC[C@](Cc2ccccc2)(C(=O)O)[C@@H](O)C1. The maximum absolute atomic E-state index is 12.3. The second kappa shape index (κ2) is 6.32. The summed E-state index contributed by atoms with van der Waals surface area (Å²) in [5, 5.41) is 20.3. The highest BCUT2D eigenvalue weighted by Crippen LogP contribution is 2.37. The number of carbonyl (C=O) groups excluding carboxylic acids is 1. The summed E-state index contributed by atoms with van der Waals surface area (Å²) in [4.78, 5) is 25.9. The fourth-order valence-electron chi connectivity index (χ4n) is 3.58. The molecule has 5 nitrogen and oxygen atoms in total. The molecule has 1 heterocycles. The van der Waals surface area contributed by atoms with Crippen LogP contribution in [0.25, 0.3) is 0 Å². The lowest BCUT2D eigenvalue weighted by Gasteiger charge is -2.44. The van der Waals surface area contributed by atoms with E-state index in [-0.39, 0.29) is 31.2 Å². The van der Waals surface area contributed by atoms with Crippen LogP contribution in [0.2, 0.25) is 0 Å². The van der Waals surface area contributed by atoms with E-state index < -0.39 is 17.5 Å². The zero-order chi connectivity index (χ0) is 16.4. The van der Waals surface area contributed by atoms with Crippen LogP contribution in [0.3, 0.4) is 0 Å². The van der Waals surface area contributed by atoms with Crippen molar-refractivity contribution in [2.24, 2.45) is 11.3 Å². The number of hydrogen-bond donors (Lipinski definition) is 2. The van der Waals surface area contributed by atoms with Crippen LogP contribution >= 0.6 is 0 Å². The number of amides is 1. The molecule has 1 aliphatic heterocycles. The number of aliphatic hydroxyl groups excluding tert-OH is 1. The molecule has 3 rings (SSSR count). The number of carboxylic acid groups (broad SMARTS) is 1. The summed E-state index contributed by atoms with van der Waals surface area (Å²) in [6.45, 7) is 0.528. The molecule has 1 aliphatic carbocycles. The van der Waals surface area contributed by atoms with Crippen LogP contribution in [0.5, 0.6) is 0 Å². The number of likely N-dealkylation sites (tertiary alicyclic amines) is 1. The van der Waals surface area contributed by atoms with Gasteiger partial charge in [0.2, 0.25) is 5.91 Å². The smallest absolute Gasteiger partial charge is 0.312 e. The van der Waals surface area contributed by atoms with Gasteiger partial charge in [0.25, 0.3) is 0 Å². The highest BCUT2D eigenvalue weighted by Gasteiger charge is 2.50. The topological polar surface area (TPSA) is 77.8 Å². The highest BCUT2D eigenvalue weighted by molar-refractivity contribution is 5.81. The van der Waals surface area contributed by atoms with Crippen LogP contribution in [-0.2, 0) is 16.0 Å². The quantitative estimate of drug-likeness (QED) is 0.886. The molecule has 1 saturated heterocycles. The van der Waals surface area contributed by atoms with Crippen LogP contribution in [0, 0.1) is 11.3 Å². The maximum atomic E-state index is 12.3. The third kappa shape index (κ3) is 2.98. The molecule has 1 aromatic carbocycles. The first kappa shape index (κ1) is 16.0. The number of β-amino-alcohol motifs (C(OH)–C–C–N with tert-alkyl or cyclic N) is 1. The summed E-state index contributed by atoms with van der Waals surface area (Å²) < 4.78 is 0. The summed E-state index contributed by atoms with van der Waals surface area (Å²) >= 11 is 0.